The Bertz CT molecular complexity index is 1350. The Kier molecular flexibility index (Phi) is 6.27. The highest BCUT2D eigenvalue weighted by molar-refractivity contribution is 7.21. The molecule has 0 fully saturated rings. The second-order valence-electron chi connectivity index (χ2n) is 6.77. The molecule has 0 saturated carbocycles. The fourth-order valence-electron chi connectivity index (χ4n) is 3.12. The van der Waals surface area contributed by atoms with Crippen molar-refractivity contribution in [3.8, 4) is 21.9 Å². The van der Waals surface area contributed by atoms with Gasteiger partial charge in [0.2, 0.25) is 0 Å². The zero-order chi connectivity index (χ0) is 22.5. The highest BCUT2D eigenvalue weighted by atomic mass is 32.1. The number of hydrogen-bond acceptors (Lipinski definition) is 7. The van der Waals surface area contributed by atoms with E-state index in [0.717, 1.165) is 10.4 Å². The summed E-state index contributed by atoms with van der Waals surface area (Å²) in [6.07, 6.45) is 2.83. The Balaban J connectivity index is 1.49. The lowest BCUT2D eigenvalue weighted by Crippen LogP contribution is -2.29. The summed E-state index contributed by atoms with van der Waals surface area (Å²) in [5.41, 5.74) is 3.80. The van der Waals surface area contributed by atoms with Crippen molar-refractivity contribution < 1.29 is 14.3 Å². The van der Waals surface area contributed by atoms with Gasteiger partial charge in [0.15, 0.2) is 0 Å². The molecule has 1 N–H and O–H groups in total. The van der Waals surface area contributed by atoms with Gasteiger partial charge in [-0.15, -0.1) is 11.3 Å². The van der Waals surface area contributed by atoms with Crippen LogP contribution in [0.3, 0.4) is 0 Å². The maximum atomic E-state index is 12.8. The summed E-state index contributed by atoms with van der Waals surface area (Å²) in [6, 6.07) is 16.8. The molecule has 2 aromatic carbocycles. The minimum Gasteiger partial charge on any atom is -0.497 e. The molecular weight excluding hydrogens is 428 g/mol. The Hall–Kier alpha value is -3.98. The smallest absolute Gasteiger partial charge is 0.262 e. The molecule has 1 amide bonds. The minimum atomic E-state index is -0.454. The molecule has 0 bridgehead atoms. The lowest BCUT2D eigenvalue weighted by atomic mass is 10.2. The number of thiophene rings is 1. The predicted octanol–water partition coefficient (Wildman–Crippen LogP) is 3.29. The van der Waals surface area contributed by atoms with Gasteiger partial charge in [-0.25, -0.2) is 10.4 Å². The molecule has 9 heteroatoms. The van der Waals surface area contributed by atoms with Gasteiger partial charge in [0.1, 0.15) is 22.9 Å². The first-order valence-corrected chi connectivity index (χ1v) is 10.5. The second-order valence-corrected chi connectivity index (χ2v) is 7.80. The maximum Gasteiger partial charge on any atom is 0.262 e. The molecule has 0 aliphatic rings. The first-order chi connectivity index (χ1) is 15.6. The van der Waals surface area contributed by atoms with Crippen LogP contribution in [0.25, 0.3) is 20.7 Å². The summed E-state index contributed by atoms with van der Waals surface area (Å²) in [4.78, 5) is 31.1. The third kappa shape index (κ3) is 4.52. The molecule has 2 aromatic heterocycles. The molecule has 0 radical (unpaired) electrons. The molecule has 0 unspecified atom stereocenters. The number of ether oxygens (including phenoxy) is 2. The Morgan fingerprint density at radius 3 is 2.72 bits per heavy atom. The largest absolute Gasteiger partial charge is 0.497 e. The molecule has 162 valence electrons. The SMILES string of the molecule is COc1ccc(OC)c(C=NNC(=O)Cn2cnc3sc(-c4ccccc4)cc3c2=O)c1. The lowest BCUT2D eigenvalue weighted by molar-refractivity contribution is -0.121. The number of benzene rings is 2. The molecule has 0 aliphatic carbocycles. The first kappa shape index (κ1) is 21.3. The van der Waals surface area contributed by atoms with Crippen LogP contribution in [-0.4, -0.2) is 35.9 Å². The quantitative estimate of drug-likeness (QED) is 0.346. The van der Waals surface area contributed by atoms with Gasteiger partial charge in [-0.1, -0.05) is 30.3 Å². The fourth-order valence-corrected chi connectivity index (χ4v) is 4.12. The van der Waals surface area contributed by atoms with Gasteiger partial charge in [0.05, 0.1) is 32.1 Å². The van der Waals surface area contributed by atoms with Crippen LogP contribution in [0.5, 0.6) is 11.5 Å². The van der Waals surface area contributed by atoms with E-state index in [-0.39, 0.29) is 12.1 Å². The fraction of sp³-hybridized carbons (Fsp3) is 0.130. The van der Waals surface area contributed by atoms with Gasteiger partial charge in [-0.05, 0) is 29.8 Å². The summed E-state index contributed by atoms with van der Waals surface area (Å²) in [7, 11) is 3.10. The number of carbonyl (C=O) groups excluding carboxylic acids is 1. The van der Waals surface area contributed by atoms with Crippen molar-refractivity contribution in [3.05, 3.63) is 76.8 Å². The van der Waals surface area contributed by atoms with Gasteiger partial charge >= 0.3 is 0 Å². The van der Waals surface area contributed by atoms with Gasteiger partial charge < -0.3 is 9.47 Å². The summed E-state index contributed by atoms with van der Waals surface area (Å²) >= 11 is 1.44. The molecule has 8 nitrogen and oxygen atoms in total. The van der Waals surface area contributed by atoms with Crippen LogP contribution in [0, 0.1) is 0 Å². The van der Waals surface area contributed by atoms with Gasteiger partial charge in [-0.2, -0.15) is 5.10 Å². The topological polar surface area (TPSA) is 94.8 Å². The van der Waals surface area contributed by atoms with E-state index >= 15 is 0 Å². The summed E-state index contributed by atoms with van der Waals surface area (Å²) in [5.74, 6) is 0.765. The Morgan fingerprint density at radius 2 is 1.97 bits per heavy atom. The van der Waals surface area contributed by atoms with Gasteiger partial charge in [0.25, 0.3) is 11.5 Å². The van der Waals surface area contributed by atoms with Crippen LogP contribution < -0.4 is 20.5 Å². The summed E-state index contributed by atoms with van der Waals surface area (Å²) in [5, 5.41) is 4.44. The van der Waals surface area contributed by atoms with E-state index in [0.29, 0.717) is 27.3 Å². The molecule has 0 spiro atoms. The molecule has 4 aromatic rings. The number of amides is 1. The van der Waals surface area contributed by atoms with Crippen molar-refractivity contribution in [3.63, 3.8) is 0 Å². The third-order valence-corrected chi connectivity index (χ3v) is 5.81. The predicted molar refractivity (Wildman–Crippen MR) is 125 cm³/mol. The Labute approximate surface area is 187 Å². The molecule has 0 atom stereocenters. The zero-order valence-corrected chi connectivity index (χ0v) is 18.3. The monoisotopic (exact) mass is 448 g/mol. The van der Waals surface area contributed by atoms with Gasteiger partial charge in [0, 0.05) is 10.4 Å². The van der Waals surface area contributed by atoms with Crippen molar-refractivity contribution in [2.24, 2.45) is 5.10 Å². The maximum absolute atomic E-state index is 12.8. The first-order valence-electron chi connectivity index (χ1n) is 9.67. The number of fused-ring (bicyclic) bond motifs is 1. The van der Waals surface area contributed by atoms with E-state index in [2.05, 4.69) is 15.5 Å². The standard InChI is InChI=1S/C23H20N4O4S/c1-30-17-8-9-19(31-2)16(10-17)12-25-26-21(28)13-27-14-24-22-18(23(27)29)11-20(32-22)15-6-4-3-5-7-15/h3-12,14H,13H2,1-2H3,(H,26,28). The number of aromatic nitrogens is 2. The molecule has 0 aliphatic heterocycles. The number of nitrogens with zero attached hydrogens (tertiary/aromatic N) is 3. The molecular formula is C23H20N4O4S. The van der Waals surface area contributed by atoms with E-state index < -0.39 is 5.91 Å². The normalized spacial score (nSPS) is 11.1. The second kappa shape index (κ2) is 9.44. The highest BCUT2D eigenvalue weighted by Gasteiger charge is 2.12. The zero-order valence-electron chi connectivity index (χ0n) is 17.4. The number of rotatable bonds is 7. The van der Waals surface area contributed by atoms with Crippen LogP contribution in [0.1, 0.15) is 5.56 Å². The van der Waals surface area contributed by atoms with E-state index in [1.807, 2.05) is 36.4 Å². The van der Waals surface area contributed by atoms with Crippen LogP contribution in [0.4, 0.5) is 0 Å². The van der Waals surface area contributed by atoms with Crippen molar-refractivity contribution in [2.45, 2.75) is 6.54 Å². The lowest BCUT2D eigenvalue weighted by Gasteiger charge is -2.07. The van der Waals surface area contributed by atoms with Crippen LogP contribution >= 0.6 is 11.3 Å². The summed E-state index contributed by atoms with van der Waals surface area (Å²) < 4.78 is 11.7. The van der Waals surface area contributed by atoms with E-state index in [1.165, 1.54) is 28.4 Å². The van der Waals surface area contributed by atoms with Crippen LogP contribution in [0.15, 0.2) is 70.8 Å². The number of nitrogens with one attached hydrogen (secondary N) is 1. The van der Waals surface area contributed by atoms with Crippen molar-refractivity contribution in [2.75, 3.05) is 14.2 Å². The Morgan fingerprint density at radius 1 is 1.16 bits per heavy atom. The third-order valence-electron chi connectivity index (χ3n) is 4.72. The number of carbonyl (C=O) groups is 1. The van der Waals surface area contributed by atoms with Gasteiger partial charge in [-0.3, -0.25) is 14.2 Å². The molecule has 32 heavy (non-hydrogen) atoms. The molecule has 0 saturated heterocycles. The van der Waals surface area contributed by atoms with Crippen LogP contribution in [-0.2, 0) is 11.3 Å². The van der Waals surface area contributed by atoms with Crippen molar-refractivity contribution in [1.29, 1.82) is 0 Å². The molecule has 2 heterocycles. The number of hydrogen-bond donors (Lipinski definition) is 1. The number of hydrazone groups is 1. The number of methoxy groups -OCH3 is 2. The van der Waals surface area contributed by atoms with E-state index in [9.17, 15) is 9.59 Å². The summed E-state index contributed by atoms with van der Waals surface area (Å²) in [6.45, 7) is -0.203. The van der Waals surface area contributed by atoms with E-state index in [1.54, 1.807) is 32.4 Å². The van der Waals surface area contributed by atoms with Crippen molar-refractivity contribution in [1.82, 2.24) is 15.0 Å². The molecule has 4 rings (SSSR count). The van der Waals surface area contributed by atoms with Crippen LogP contribution in [0.2, 0.25) is 0 Å². The highest BCUT2D eigenvalue weighted by Crippen LogP contribution is 2.30. The average molecular weight is 449 g/mol. The van der Waals surface area contributed by atoms with Crippen molar-refractivity contribution >= 4 is 33.7 Å². The minimum absolute atomic E-state index is 0.203. The van der Waals surface area contributed by atoms with E-state index in [4.69, 9.17) is 9.47 Å². The average Bonchev–Trinajstić information content (AvgIpc) is 3.27.